The van der Waals surface area contributed by atoms with E-state index in [2.05, 4.69) is 17.2 Å². The number of aliphatic carboxylic acids is 1. The number of hydrogen-bond acceptors (Lipinski definition) is 2. The Bertz CT molecular complexity index is 512. The Labute approximate surface area is 112 Å². The summed E-state index contributed by atoms with van der Waals surface area (Å²) in [5.74, 6) is 5.11. The fourth-order valence-electron chi connectivity index (χ4n) is 1.52. The smallest absolute Gasteiger partial charge is 0.303 e. The number of benzene rings is 1. The molecule has 19 heavy (non-hydrogen) atoms. The molecule has 0 unspecified atom stereocenters. The third kappa shape index (κ3) is 6.89. The highest BCUT2D eigenvalue weighted by Crippen LogP contribution is 2.06. The zero-order chi connectivity index (χ0) is 14.1. The molecular weight excluding hydrogens is 242 g/mol. The summed E-state index contributed by atoms with van der Waals surface area (Å²) in [6.07, 6.45) is 1.23. The van der Waals surface area contributed by atoms with Crippen molar-refractivity contribution >= 4 is 11.9 Å². The zero-order valence-electron chi connectivity index (χ0n) is 10.9. The minimum atomic E-state index is -0.799. The van der Waals surface area contributed by atoms with Gasteiger partial charge in [0, 0.05) is 31.9 Å². The fraction of sp³-hybridized carbons (Fsp3) is 0.333. The van der Waals surface area contributed by atoms with Crippen LogP contribution in [0.3, 0.4) is 0 Å². The molecule has 0 saturated heterocycles. The van der Waals surface area contributed by atoms with Gasteiger partial charge >= 0.3 is 5.97 Å². The van der Waals surface area contributed by atoms with E-state index in [0.29, 0.717) is 19.4 Å². The number of carbonyl (C=O) groups excluding carboxylic acids is 1. The quantitative estimate of drug-likeness (QED) is 0.623. The van der Waals surface area contributed by atoms with Gasteiger partial charge < -0.3 is 10.4 Å². The van der Waals surface area contributed by atoms with E-state index in [9.17, 15) is 9.59 Å². The second kappa shape index (κ2) is 7.93. The van der Waals surface area contributed by atoms with E-state index in [0.717, 1.165) is 11.1 Å². The Balaban J connectivity index is 2.50. The Hall–Kier alpha value is -2.28. The second-order valence-corrected chi connectivity index (χ2v) is 4.13. The lowest BCUT2D eigenvalue weighted by molar-refractivity contribution is -0.137. The highest BCUT2D eigenvalue weighted by molar-refractivity contribution is 5.72. The normalized spacial score (nSPS) is 9.32. The maximum Gasteiger partial charge on any atom is 0.303 e. The van der Waals surface area contributed by atoms with Crippen LogP contribution in [0.4, 0.5) is 0 Å². The van der Waals surface area contributed by atoms with Crippen LogP contribution in [0.15, 0.2) is 24.3 Å². The van der Waals surface area contributed by atoms with E-state index in [1.54, 1.807) is 0 Å². The topological polar surface area (TPSA) is 66.4 Å². The van der Waals surface area contributed by atoms with Gasteiger partial charge in [0.15, 0.2) is 0 Å². The highest BCUT2D eigenvalue weighted by Gasteiger charge is 1.99. The first kappa shape index (κ1) is 14.8. The van der Waals surface area contributed by atoms with E-state index in [1.807, 2.05) is 24.3 Å². The van der Waals surface area contributed by atoms with Crippen LogP contribution in [0.1, 0.15) is 30.9 Å². The molecule has 0 bridgehead atoms. The van der Waals surface area contributed by atoms with Gasteiger partial charge in [0.25, 0.3) is 0 Å². The highest BCUT2D eigenvalue weighted by atomic mass is 16.4. The van der Waals surface area contributed by atoms with Crippen molar-refractivity contribution in [2.24, 2.45) is 0 Å². The summed E-state index contributed by atoms with van der Waals surface area (Å²) in [6.45, 7) is 2.01. The number of hydrogen-bond donors (Lipinski definition) is 2. The summed E-state index contributed by atoms with van der Waals surface area (Å²) in [7, 11) is 0. The molecule has 0 heterocycles. The van der Waals surface area contributed by atoms with Gasteiger partial charge in [-0.25, -0.2) is 0 Å². The second-order valence-electron chi connectivity index (χ2n) is 4.13. The molecule has 1 rings (SSSR count). The molecule has 0 aliphatic heterocycles. The van der Waals surface area contributed by atoms with E-state index in [-0.39, 0.29) is 12.3 Å². The maximum absolute atomic E-state index is 10.6. The van der Waals surface area contributed by atoms with Crippen LogP contribution in [-0.2, 0) is 16.0 Å². The number of carboxylic acids is 1. The standard InChI is InChI=1S/C15H17NO3/c1-12(17)16-10-3-2-5-13-6-4-7-14(11-13)8-9-15(18)19/h4,6-7,11H,3,8-10H2,1H3,(H,16,17)(H,18,19). The molecule has 0 spiro atoms. The predicted octanol–water partition coefficient (Wildman–Crippen LogP) is 1.58. The van der Waals surface area contributed by atoms with E-state index >= 15 is 0 Å². The molecule has 0 aromatic heterocycles. The van der Waals surface area contributed by atoms with E-state index in [1.165, 1.54) is 6.92 Å². The minimum Gasteiger partial charge on any atom is -0.481 e. The average molecular weight is 259 g/mol. The molecule has 0 aliphatic carbocycles. The zero-order valence-corrected chi connectivity index (χ0v) is 10.9. The number of aryl methyl sites for hydroxylation is 1. The first-order valence-corrected chi connectivity index (χ1v) is 6.12. The van der Waals surface area contributed by atoms with Gasteiger partial charge in [0.2, 0.25) is 5.91 Å². The Morgan fingerprint density at radius 2 is 2.16 bits per heavy atom. The van der Waals surface area contributed by atoms with Crippen molar-refractivity contribution in [3.63, 3.8) is 0 Å². The van der Waals surface area contributed by atoms with Gasteiger partial charge in [-0.05, 0) is 24.1 Å². The van der Waals surface area contributed by atoms with Gasteiger partial charge in [-0.2, -0.15) is 0 Å². The van der Waals surface area contributed by atoms with Gasteiger partial charge in [-0.15, -0.1) is 0 Å². The number of nitrogens with one attached hydrogen (secondary N) is 1. The largest absolute Gasteiger partial charge is 0.481 e. The molecule has 1 aromatic rings. The molecule has 0 fully saturated rings. The molecule has 4 heteroatoms. The molecule has 0 saturated carbocycles. The van der Waals surface area contributed by atoms with Gasteiger partial charge in [-0.1, -0.05) is 24.0 Å². The molecular formula is C15H17NO3. The summed E-state index contributed by atoms with van der Waals surface area (Å²) >= 11 is 0. The number of carboxylic acid groups (broad SMARTS) is 1. The number of rotatable bonds is 5. The Morgan fingerprint density at radius 3 is 2.84 bits per heavy atom. The molecule has 0 aliphatic rings. The lowest BCUT2D eigenvalue weighted by Gasteiger charge is -1.99. The van der Waals surface area contributed by atoms with Gasteiger partial charge in [0.05, 0.1) is 0 Å². The van der Waals surface area contributed by atoms with Crippen LogP contribution in [0.5, 0.6) is 0 Å². The summed E-state index contributed by atoms with van der Waals surface area (Å²) in [6, 6.07) is 7.55. The minimum absolute atomic E-state index is 0.0579. The average Bonchev–Trinajstić information content (AvgIpc) is 2.36. The van der Waals surface area contributed by atoms with Crippen LogP contribution in [0, 0.1) is 11.8 Å². The lowest BCUT2D eigenvalue weighted by atomic mass is 10.1. The first-order valence-electron chi connectivity index (χ1n) is 6.12. The Kier molecular flexibility index (Phi) is 6.17. The van der Waals surface area contributed by atoms with Crippen molar-refractivity contribution in [2.45, 2.75) is 26.2 Å². The van der Waals surface area contributed by atoms with Crippen LogP contribution in [0.2, 0.25) is 0 Å². The number of amides is 1. The van der Waals surface area contributed by atoms with E-state index < -0.39 is 5.97 Å². The third-order valence-electron chi connectivity index (χ3n) is 2.41. The maximum atomic E-state index is 10.6. The molecule has 100 valence electrons. The predicted molar refractivity (Wildman–Crippen MR) is 72.6 cm³/mol. The lowest BCUT2D eigenvalue weighted by Crippen LogP contribution is -2.20. The van der Waals surface area contributed by atoms with Gasteiger partial charge in [0.1, 0.15) is 0 Å². The summed E-state index contributed by atoms with van der Waals surface area (Å²) in [5.41, 5.74) is 1.83. The van der Waals surface area contributed by atoms with Crippen molar-refractivity contribution in [3.8, 4) is 11.8 Å². The molecule has 1 aromatic carbocycles. The van der Waals surface area contributed by atoms with Crippen molar-refractivity contribution in [1.82, 2.24) is 5.32 Å². The molecule has 0 atom stereocenters. The van der Waals surface area contributed by atoms with Crippen LogP contribution in [0.25, 0.3) is 0 Å². The first-order chi connectivity index (χ1) is 9.08. The van der Waals surface area contributed by atoms with Crippen LogP contribution < -0.4 is 5.32 Å². The van der Waals surface area contributed by atoms with Crippen LogP contribution in [-0.4, -0.2) is 23.5 Å². The summed E-state index contributed by atoms with van der Waals surface area (Å²) in [4.78, 5) is 21.1. The molecule has 2 N–H and O–H groups in total. The van der Waals surface area contributed by atoms with Gasteiger partial charge in [-0.3, -0.25) is 9.59 Å². The summed E-state index contributed by atoms with van der Waals surface area (Å²) < 4.78 is 0. The third-order valence-corrected chi connectivity index (χ3v) is 2.41. The monoisotopic (exact) mass is 259 g/mol. The van der Waals surface area contributed by atoms with Crippen LogP contribution >= 0.6 is 0 Å². The van der Waals surface area contributed by atoms with Crippen molar-refractivity contribution in [1.29, 1.82) is 0 Å². The number of carbonyl (C=O) groups is 2. The van der Waals surface area contributed by atoms with Crippen molar-refractivity contribution in [3.05, 3.63) is 35.4 Å². The Morgan fingerprint density at radius 1 is 1.37 bits per heavy atom. The van der Waals surface area contributed by atoms with Crippen molar-refractivity contribution in [2.75, 3.05) is 6.54 Å². The SMILES string of the molecule is CC(=O)NCCC#Cc1cccc(CCC(=O)O)c1. The summed E-state index contributed by atoms with van der Waals surface area (Å²) in [5, 5.41) is 11.3. The fourth-order valence-corrected chi connectivity index (χ4v) is 1.52. The van der Waals surface area contributed by atoms with Crippen molar-refractivity contribution < 1.29 is 14.7 Å². The molecule has 1 amide bonds. The van der Waals surface area contributed by atoms with E-state index in [4.69, 9.17) is 5.11 Å². The molecule has 4 nitrogen and oxygen atoms in total. The molecule has 0 radical (unpaired) electrons.